The molecular formula is C35H48N2O8. The molecule has 1 N–H and O–H groups in total. The zero-order valence-corrected chi connectivity index (χ0v) is 27.2. The van der Waals surface area contributed by atoms with Crippen LogP contribution in [0.25, 0.3) is 0 Å². The zero-order valence-electron chi connectivity index (χ0n) is 27.2. The number of esters is 1. The predicted octanol–water partition coefficient (Wildman–Crippen LogP) is 5.79. The summed E-state index contributed by atoms with van der Waals surface area (Å²) in [6, 6.07) is 15.2. The van der Waals surface area contributed by atoms with Crippen LogP contribution in [0.1, 0.15) is 97.6 Å². The fourth-order valence-corrected chi connectivity index (χ4v) is 4.92. The summed E-state index contributed by atoms with van der Waals surface area (Å²) in [6.07, 6.45) is 0.350. The Hall–Kier alpha value is -4.21. The molecule has 0 unspecified atom stereocenters. The van der Waals surface area contributed by atoms with Gasteiger partial charge in [-0.2, -0.15) is 0 Å². The van der Waals surface area contributed by atoms with Crippen LogP contribution in [0.5, 0.6) is 5.75 Å². The molecule has 0 radical (unpaired) electrons. The van der Waals surface area contributed by atoms with Gasteiger partial charge < -0.3 is 24.4 Å². The second kappa shape index (κ2) is 13.8. The Balaban J connectivity index is 0.000000210. The number of rotatable bonds is 1. The van der Waals surface area contributed by atoms with Crippen LogP contribution >= 0.6 is 0 Å². The van der Waals surface area contributed by atoms with Gasteiger partial charge in [0.25, 0.3) is 0 Å². The molecule has 0 aliphatic carbocycles. The van der Waals surface area contributed by atoms with Gasteiger partial charge in [0.2, 0.25) is 5.91 Å². The van der Waals surface area contributed by atoms with Crippen molar-refractivity contribution in [3.63, 3.8) is 0 Å². The van der Waals surface area contributed by atoms with E-state index in [1.165, 1.54) is 0 Å². The topological polar surface area (TPSA) is 128 Å². The Labute approximate surface area is 266 Å². The van der Waals surface area contributed by atoms with Crippen molar-refractivity contribution in [2.24, 2.45) is 0 Å². The van der Waals surface area contributed by atoms with Gasteiger partial charge in [-0.05, 0) is 74.4 Å². The highest BCUT2D eigenvalue weighted by atomic mass is 16.6. The summed E-state index contributed by atoms with van der Waals surface area (Å²) in [4.78, 5) is 56.8. The predicted molar refractivity (Wildman–Crippen MR) is 171 cm³/mol. The highest BCUT2D eigenvalue weighted by Crippen LogP contribution is 2.35. The molecule has 0 atom stereocenters. The standard InChI is InChI=1S/C11H12O2.C10H10O2.C7H13NO2.C6H9NO2.CH4/c1-11(2)10(12)7-8-5-3-4-6-9(8)13-11;1-10(2)8-6-4-3-5-7(8)9(11)12-10;1-4-8-5-7(2,3)10-6(8)9;1-6(2)4(8)3-5(9)7-6;/h3-6H,7H2,1-2H3;3-6H,1-2H3;4-5H2,1-3H3;3H2,1-2H3,(H,7,9);1H4. The first-order valence-corrected chi connectivity index (χ1v) is 14.7. The monoisotopic (exact) mass is 624 g/mol. The fourth-order valence-electron chi connectivity index (χ4n) is 4.92. The highest BCUT2D eigenvalue weighted by molar-refractivity contribution is 6.09. The number of cyclic esters (lactones) is 2. The number of Topliss-reactive ketones (excluding diaryl/α,β-unsaturated/α-hetero) is 2. The van der Waals surface area contributed by atoms with Crippen LogP contribution < -0.4 is 10.1 Å². The SMILES string of the molecule is C.CC1(C)NC(=O)CC1=O.CC1(C)OC(=O)c2ccccc21.CC1(C)Oc2ccccc2CC1=O.CCN1CC(C)(C)OC1=O. The molecule has 4 aliphatic rings. The molecule has 0 spiro atoms. The molecular weight excluding hydrogens is 576 g/mol. The molecule has 2 fully saturated rings. The normalized spacial score (nSPS) is 20.5. The van der Waals surface area contributed by atoms with Gasteiger partial charge in [-0.1, -0.05) is 43.8 Å². The van der Waals surface area contributed by atoms with Crippen molar-refractivity contribution >= 4 is 29.5 Å². The molecule has 10 heteroatoms. The number of carbonyl (C=O) groups is 5. The van der Waals surface area contributed by atoms with Crippen LogP contribution in [0.2, 0.25) is 0 Å². The molecule has 10 nitrogen and oxygen atoms in total. The summed E-state index contributed by atoms with van der Waals surface area (Å²) >= 11 is 0. The molecule has 2 amide bonds. The molecule has 2 aromatic carbocycles. The summed E-state index contributed by atoms with van der Waals surface area (Å²) < 4.78 is 15.8. The van der Waals surface area contributed by atoms with Crippen LogP contribution in [0.15, 0.2) is 48.5 Å². The third kappa shape index (κ3) is 9.15. The quantitative estimate of drug-likeness (QED) is 0.312. The molecule has 6 rings (SSSR count). The number of benzene rings is 2. The second-order valence-electron chi connectivity index (χ2n) is 13.2. The number of ether oxygens (including phenoxy) is 3. The van der Waals surface area contributed by atoms with Crippen molar-refractivity contribution in [1.29, 1.82) is 0 Å². The lowest BCUT2D eigenvalue weighted by Crippen LogP contribution is -2.42. The Morgan fingerprint density at radius 1 is 0.733 bits per heavy atom. The second-order valence-corrected chi connectivity index (χ2v) is 13.2. The number of carbonyl (C=O) groups excluding carboxylic acids is 5. The minimum Gasteiger partial charge on any atom is -0.480 e. The number of ketones is 2. The zero-order chi connectivity index (χ0) is 33.1. The van der Waals surface area contributed by atoms with Crippen molar-refractivity contribution in [1.82, 2.24) is 10.2 Å². The molecule has 4 heterocycles. The van der Waals surface area contributed by atoms with E-state index in [2.05, 4.69) is 5.32 Å². The maximum absolute atomic E-state index is 11.6. The average Bonchev–Trinajstić information content (AvgIpc) is 3.43. The average molecular weight is 625 g/mol. The van der Waals surface area contributed by atoms with Crippen molar-refractivity contribution in [3.8, 4) is 5.75 Å². The highest BCUT2D eigenvalue weighted by Gasteiger charge is 2.38. The van der Waals surface area contributed by atoms with Crippen molar-refractivity contribution in [3.05, 3.63) is 65.2 Å². The Bertz CT molecular complexity index is 1440. The summed E-state index contributed by atoms with van der Waals surface area (Å²) in [5, 5.41) is 2.55. The number of amides is 2. The van der Waals surface area contributed by atoms with Crippen molar-refractivity contribution in [2.75, 3.05) is 13.1 Å². The summed E-state index contributed by atoms with van der Waals surface area (Å²) in [7, 11) is 0. The van der Waals surface area contributed by atoms with E-state index in [9.17, 15) is 24.0 Å². The lowest BCUT2D eigenvalue weighted by atomic mass is 9.93. The van der Waals surface area contributed by atoms with Gasteiger partial charge in [0, 0.05) is 24.1 Å². The smallest absolute Gasteiger partial charge is 0.410 e. The van der Waals surface area contributed by atoms with Gasteiger partial charge in [0.1, 0.15) is 17.0 Å². The fraction of sp³-hybridized carbons (Fsp3) is 0.514. The van der Waals surface area contributed by atoms with E-state index in [0.717, 1.165) is 23.4 Å². The van der Waals surface area contributed by atoms with Gasteiger partial charge in [-0.3, -0.25) is 14.4 Å². The van der Waals surface area contributed by atoms with Crippen LogP contribution in [-0.2, 0) is 35.9 Å². The summed E-state index contributed by atoms with van der Waals surface area (Å²) in [6.45, 7) is 18.1. The summed E-state index contributed by atoms with van der Waals surface area (Å²) in [5.74, 6) is 0.589. The van der Waals surface area contributed by atoms with Crippen molar-refractivity contribution in [2.45, 2.75) is 105 Å². The van der Waals surface area contributed by atoms with Gasteiger partial charge in [-0.25, -0.2) is 9.59 Å². The van der Waals surface area contributed by atoms with E-state index in [4.69, 9.17) is 14.2 Å². The van der Waals surface area contributed by atoms with Gasteiger partial charge in [-0.15, -0.1) is 0 Å². The molecule has 2 aromatic rings. The van der Waals surface area contributed by atoms with Crippen LogP contribution in [0, 0.1) is 0 Å². The first-order valence-electron chi connectivity index (χ1n) is 14.7. The third-order valence-corrected chi connectivity index (χ3v) is 7.55. The number of para-hydroxylation sites is 1. The minimum absolute atomic E-state index is 0. The molecule has 4 aliphatic heterocycles. The van der Waals surface area contributed by atoms with Crippen molar-refractivity contribution < 1.29 is 38.2 Å². The molecule has 0 bridgehead atoms. The number of hydrogen-bond acceptors (Lipinski definition) is 8. The lowest BCUT2D eigenvalue weighted by molar-refractivity contribution is -0.132. The number of fused-ring (bicyclic) bond motifs is 2. The van der Waals surface area contributed by atoms with Crippen LogP contribution in [-0.4, -0.2) is 64.3 Å². The van der Waals surface area contributed by atoms with Gasteiger partial charge in [0.05, 0.1) is 24.1 Å². The molecule has 2 saturated heterocycles. The molecule has 246 valence electrons. The Morgan fingerprint density at radius 3 is 1.80 bits per heavy atom. The molecule has 0 aromatic heterocycles. The van der Waals surface area contributed by atoms with E-state index < -0.39 is 16.7 Å². The first-order chi connectivity index (χ1) is 20.3. The van der Waals surface area contributed by atoms with E-state index in [1.54, 1.807) is 24.8 Å². The maximum Gasteiger partial charge on any atom is 0.410 e. The van der Waals surface area contributed by atoms with E-state index in [-0.39, 0.29) is 49.0 Å². The minimum atomic E-state index is -0.658. The summed E-state index contributed by atoms with van der Waals surface area (Å²) in [5.41, 5.74) is 0.663. The van der Waals surface area contributed by atoms with Gasteiger partial charge >= 0.3 is 12.1 Å². The molecule has 0 saturated carbocycles. The Kier molecular flexibility index (Phi) is 11.4. The van der Waals surface area contributed by atoms with Crippen LogP contribution in [0.4, 0.5) is 4.79 Å². The first kappa shape index (κ1) is 37.0. The molecule has 45 heavy (non-hydrogen) atoms. The maximum atomic E-state index is 11.6. The number of hydrogen-bond donors (Lipinski definition) is 1. The Morgan fingerprint density at radius 2 is 1.33 bits per heavy atom. The van der Waals surface area contributed by atoms with E-state index in [0.29, 0.717) is 18.5 Å². The number of nitrogens with one attached hydrogen (secondary N) is 1. The largest absolute Gasteiger partial charge is 0.480 e. The number of likely N-dealkylation sites (N-methyl/N-ethyl adjacent to an activating group) is 1. The lowest BCUT2D eigenvalue weighted by Gasteiger charge is -2.30. The van der Waals surface area contributed by atoms with Crippen LogP contribution in [0.3, 0.4) is 0 Å². The van der Waals surface area contributed by atoms with E-state index >= 15 is 0 Å². The number of nitrogens with zero attached hydrogens (tertiary/aromatic N) is 1. The van der Waals surface area contributed by atoms with Gasteiger partial charge in [0.15, 0.2) is 17.2 Å². The van der Waals surface area contributed by atoms with E-state index in [1.807, 2.05) is 90.9 Å². The third-order valence-electron chi connectivity index (χ3n) is 7.55.